The minimum atomic E-state index is -0.285. The lowest BCUT2D eigenvalue weighted by Crippen LogP contribution is -2.27. The van der Waals surface area contributed by atoms with Gasteiger partial charge in [0, 0.05) is 22.3 Å². The summed E-state index contributed by atoms with van der Waals surface area (Å²) >= 11 is 0. The van der Waals surface area contributed by atoms with Crippen LogP contribution < -0.4 is 4.74 Å². The maximum Gasteiger partial charge on any atom is 0.186 e. The van der Waals surface area contributed by atoms with E-state index in [1.807, 2.05) is 74.5 Å². The van der Waals surface area contributed by atoms with Crippen LogP contribution in [-0.2, 0) is 9.59 Å². The van der Waals surface area contributed by atoms with Crippen molar-refractivity contribution >= 4 is 22.9 Å². The summed E-state index contributed by atoms with van der Waals surface area (Å²) in [4.78, 5) is 26.4. The molecule has 0 aromatic heterocycles. The summed E-state index contributed by atoms with van der Waals surface area (Å²) in [5.41, 5.74) is 6.93. The standard InChI is InChI=1S/C44H54N4O3/c1-27-19-31(15-17-37(27)47-45-25-29-21-33(41(3,4)5)39(49)34(22-29)42(6,7)8)51-32-16-18-38(28(2)20-32)48-46-26-30-23-35(43(9,10)11)40(50)36(24-30)44(12,13)14/h15-26H,1-14H3. The molecule has 0 unspecified atom stereocenters. The number of azo groups is 2. The van der Waals surface area contributed by atoms with Gasteiger partial charge < -0.3 is 4.74 Å². The Morgan fingerprint density at radius 3 is 1.04 bits per heavy atom. The molecule has 0 saturated heterocycles. The average molecular weight is 687 g/mol. The van der Waals surface area contributed by atoms with Crippen molar-refractivity contribution in [3.05, 3.63) is 118 Å². The van der Waals surface area contributed by atoms with E-state index >= 15 is 0 Å². The highest BCUT2D eigenvalue weighted by Gasteiger charge is 2.35. The summed E-state index contributed by atoms with van der Waals surface area (Å²) in [5.74, 6) is 1.55. The average Bonchev–Trinajstić information content (AvgIpc) is 2.98. The van der Waals surface area contributed by atoms with E-state index in [0.29, 0.717) is 11.5 Å². The molecule has 2 aromatic rings. The minimum absolute atomic E-state index is 0.0939. The van der Waals surface area contributed by atoms with Crippen LogP contribution in [0.1, 0.15) is 94.2 Å². The zero-order valence-corrected chi connectivity index (χ0v) is 32.9. The molecule has 2 aromatic carbocycles. The number of hydrogen-bond donors (Lipinski definition) is 0. The van der Waals surface area contributed by atoms with Crippen molar-refractivity contribution < 1.29 is 14.3 Å². The summed E-state index contributed by atoms with van der Waals surface area (Å²) in [7, 11) is 0. The number of ether oxygens (including phenoxy) is 1. The monoisotopic (exact) mass is 686 g/mol. The third-order valence-corrected chi connectivity index (χ3v) is 8.77. The van der Waals surface area contributed by atoms with Crippen molar-refractivity contribution in [2.45, 2.75) is 96.9 Å². The Hall–Kier alpha value is -4.78. The molecule has 51 heavy (non-hydrogen) atoms. The van der Waals surface area contributed by atoms with Gasteiger partial charge in [-0.2, -0.15) is 20.5 Å². The Labute approximate surface area is 304 Å². The molecule has 4 rings (SSSR count). The van der Waals surface area contributed by atoms with Gasteiger partial charge in [0.15, 0.2) is 11.6 Å². The predicted octanol–water partition coefficient (Wildman–Crippen LogP) is 13.1. The number of nitrogens with zero attached hydrogens (tertiary/aromatic N) is 4. The summed E-state index contributed by atoms with van der Waals surface area (Å²) < 4.78 is 6.18. The number of carbonyl (C=O) groups is 2. The number of aryl methyl sites for hydroxylation is 2. The molecule has 2 aliphatic rings. The Balaban J connectivity index is 1.49. The van der Waals surface area contributed by atoms with Crippen molar-refractivity contribution in [1.29, 1.82) is 0 Å². The van der Waals surface area contributed by atoms with Crippen LogP contribution in [0.5, 0.6) is 11.5 Å². The number of carbonyl (C=O) groups excluding carboxylic acids is 2. The van der Waals surface area contributed by atoms with E-state index in [0.717, 1.165) is 55.9 Å². The van der Waals surface area contributed by atoms with Crippen LogP contribution in [0.2, 0.25) is 0 Å². The number of ketones is 2. The van der Waals surface area contributed by atoms with Gasteiger partial charge in [0.05, 0.1) is 23.8 Å². The summed E-state index contributed by atoms with van der Waals surface area (Å²) in [6.07, 6.45) is 11.1. The van der Waals surface area contributed by atoms with Crippen LogP contribution in [0.15, 0.2) is 127 Å². The van der Waals surface area contributed by atoms with Crippen molar-refractivity contribution in [3.63, 3.8) is 0 Å². The van der Waals surface area contributed by atoms with Crippen LogP contribution in [0.3, 0.4) is 0 Å². The number of Topliss-reactive ketones (excluding diaryl/α,β-unsaturated/α-hetero) is 2. The molecule has 7 heteroatoms. The first kappa shape index (κ1) is 39.0. The highest BCUT2D eigenvalue weighted by molar-refractivity contribution is 6.12. The van der Waals surface area contributed by atoms with Gasteiger partial charge in [0.25, 0.3) is 0 Å². The molecule has 7 nitrogen and oxygen atoms in total. The molecule has 0 spiro atoms. The molecule has 2 aliphatic carbocycles. The van der Waals surface area contributed by atoms with Gasteiger partial charge in [0.1, 0.15) is 11.5 Å². The summed E-state index contributed by atoms with van der Waals surface area (Å²) in [6.45, 7) is 28.6. The highest BCUT2D eigenvalue weighted by atomic mass is 16.5. The first-order chi connectivity index (χ1) is 23.4. The quantitative estimate of drug-likeness (QED) is 0.283. The molecule has 0 atom stereocenters. The van der Waals surface area contributed by atoms with Gasteiger partial charge >= 0.3 is 0 Å². The Kier molecular flexibility index (Phi) is 11.1. The maximum atomic E-state index is 13.2. The van der Waals surface area contributed by atoms with E-state index in [4.69, 9.17) is 4.74 Å². The fourth-order valence-corrected chi connectivity index (χ4v) is 5.74. The number of hydrogen-bond acceptors (Lipinski definition) is 7. The maximum absolute atomic E-state index is 13.2. The number of rotatable bonds is 6. The Morgan fingerprint density at radius 1 is 0.490 bits per heavy atom. The van der Waals surface area contributed by atoms with Crippen molar-refractivity contribution in [2.75, 3.05) is 0 Å². The van der Waals surface area contributed by atoms with Crippen LogP contribution in [0.25, 0.3) is 0 Å². The van der Waals surface area contributed by atoms with Gasteiger partial charge in [-0.05, 0) is 118 Å². The third-order valence-electron chi connectivity index (χ3n) is 8.77. The van der Waals surface area contributed by atoms with E-state index in [9.17, 15) is 9.59 Å². The second-order valence-electron chi connectivity index (χ2n) is 17.6. The van der Waals surface area contributed by atoms with Gasteiger partial charge in [-0.25, -0.2) is 0 Å². The number of allylic oxidation sites excluding steroid dienone is 10. The fourth-order valence-electron chi connectivity index (χ4n) is 5.74. The smallest absolute Gasteiger partial charge is 0.186 e. The fraction of sp³-hybridized carbons (Fsp3) is 0.409. The molecule has 0 amide bonds. The topological polar surface area (TPSA) is 92.8 Å². The minimum Gasteiger partial charge on any atom is -0.457 e. The Bertz CT molecular complexity index is 1770. The molecule has 268 valence electrons. The lowest BCUT2D eigenvalue weighted by molar-refractivity contribution is -0.114. The van der Waals surface area contributed by atoms with E-state index in [1.165, 1.54) is 0 Å². The van der Waals surface area contributed by atoms with E-state index < -0.39 is 0 Å². The van der Waals surface area contributed by atoms with Crippen LogP contribution in [-0.4, -0.2) is 11.6 Å². The van der Waals surface area contributed by atoms with Crippen molar-refractivity contribution in [3.8, 4) is 11.5 Å². The number of benzene rings is 2. The Morgan fingerprint density at radius 2 is 0.784 bits per heavy atom. The molecular weight excluding hydrogens is 633 g/mol. The van der Waals surface area contributed by atoms with Crippen LogP contribution >= 0.6 is 0 Å². The molecule has 0 radical (unpaired) electrons. The zero-order valence-electron chi connectivity index (χ0n) is 32.9. The lowest BCUT2D eigenvalue weighted by Gasteiger charge is -2.31. The second-order valence-corrected chi connectivity index (χ2v) is 17.6. The summed E-state index contributed by atoms with van der Waals surface area (Å²) in [6, 6.07) is 11.4. The molecule has 0 fully saturated rings. The van der Waals surface area contributed by atoms with Crippen molar-refractivity contribution in [2.24, 2.45) is 42.1 Å². The van der Waals surface area contributed by atoms with Gasteiger partial charge in [-0.1, -0.05) is 83.1 Å². The van der Waals surface area contributed by atoms with E-state index in [2.05, 4.69) is 104 Å². The first-order valence-corrected chi connectivity index (χ1v) is 17.5. The zero-order chi connectivity index (χ0) is 38.1. The van der Waals surface area contributed by atoms with Crippen LogP contribution in [0, 0.1) is 35.5 Å². The van der Waals surface area contributed by atoms with Gasteiger partial charge in [-0.3, -0.25) is 9.59 Å². The lowest BCUT2D eigenvalue weighted by atomic mass is 9.72. The normalized spacial score (nSPS) is 16.4. The second kappa shape index (κ2) is 14.5. The molecular formula is C44H54N4O3. The highest BCUT2D eigenvalue weighted by Crippen LogP contribution is 2.40. The SMILES string of the molecule is Cc1cc(Oc2ccc(N=NC=C3C=C(C(C)(C)C)C(=O)C(C(C)(C)C)=C3)c(C)c2)ccc1N=NC=C1C=C(C(C)(C)C)C(=O)C(C(C)(C)C)=C1. The molecule has 0 N–H and O–H groups in total. The van der Waals surface area contributed by atoms with E-state index in [-0.39, 0.29) is 33.2 Å². The van der Waals surface area contributed by atoms with Gasteiger partial charge in [0.2, 0.25) is 0 Å². The van der Waals surface area contributed by atoms with Gasteiger partial charge in [-0.15, -0.1) is 0 Å². The molecule has 0 bridgehead atoms. The van der Waals surface area contributed by atoms with Crippen molar-refractivity contribution in [1.82, 2.24) is 0 Å². The molecule has 0 aliphatic heterocycles. The predicted molar refractivity (Wildman–Crippen MR) is 208 cm³/mol. The third kappa shape index (κ3) is 9.72. The van der Waals surface area contributed by atoms with Crippen LogP contribution in [0.4, 0.5) is 11.4 Å². The molecule has 0 heterocycles. The summed E-state index contributed by atoms with van der Waals surface area (Å²) in [5, 5.41) is 17.7. The first-order valence-electron chi connectivity index (χ1n) is 17.5. The van der Waals surface area contributed by atoms with E-state index in [1.54, 1.807) is 12.4 Å². The largest absolute Gasteiger partial charge is 0.457 e. The molecule has 0 saturated carbocycles.